The number of methoxy groups -OCH3 is 1. The molecule has 180 valence electrons. The molecule has 4 rings (SSSR count). The lowest BCUT2D eigenvalue weighted by Crippen LogP contribution is -2.23. The molecular weight excluding hydrogens is 442 g/mol. The molecule has 0 bridgehead atoms. The third kappa shape index (κ3) is 5.85. The fourth-order valence-electron chi connectivity index (χ4n) is 3.93. The van der Waals surface area contributed by atoms with Gasteiger partial charge in [0.25, 0.3) is 5.91 Å². The molecule has 0 unspecified atom stereocenters. The Hall–Kier alpha value is -4.17. The van der Waals surface area contributed by atoms with Gasteiger partial charge in [0.15, 0.2) is 5.65 Å². The molecule has 8 heteroatoms. The van der Waals surface area contributed by atoms with Crippen LogP contribution in [0.1, 0.15) is 32.7 Å². The van der Waals surface area contributed by atoms with Crippen molar-refractivity contribution >= 4 is 23.3 Å². The highest BCUT2D eigenvalue weighted by molar-refractivity contribution is 6.00. The van der Waals surface area contributed by atoms with E-state index in [9.17, 15) is 9.59 Å². The molecule has 0 fully saturated rings. The second-order valence-electron chi connectivity index (χ2n) is 8.14. The summed E-state index contributed by atoms with van der Waals surface area (Å²) in [7, 11) is 1.35. The number of rotatable bonds is 10. The lowest BCUT2D eigenvalue weighted by atomic mass is 10.1. The predicted molar refractivity (Wildman–Crippen MR) is 135 cm³/mol. The number of anilines is 1. The number of hydrogen-bond donors (Lipinski definition) is 3. The number of carbonyl (C=O) groups is 2. The van der Waals surface area contributed by atoms with Gasteiger partial charge in [0, 0.05) is 19.3 Å². The SMILES string of the molecule is COC(=O)CNc1c(CCc2ccccc2)nc2c(C(=O)NCc3cccc(CN)c3)cccn12. The van der Waals surface area contributed by atoms with Crippen LogP contribution in [0.25, 0.3) is 5.65 Å². The number of ether oxygens (including phenoxy) is 1. The summed E-state index contributed by atoms with van der Waals surface area (Å²) in [6, 6.07) is 21.5. The number of imidazole rings is 1. The van der Waals surface area contributed by atoms with Gasteiger partial charge >= 0.3 is 5.97 Å². The predicted octanol–water partition coefficient (Wildman–Crippen LogP) is 3.09. The number of nitrogens with one attached hydrogen (secondary N) is 2. The minimum Gasteiger partial charge on any atom is -0.468 e. The number of benzene rings is 2. The number of nitrogens with two attached hydrogens (primary N) is 1. The molecule has 4 N–H and O–H groups in total. The van der Waals surface area contributed by atoms with Gasteiger partial charge in [-0.1, -0.05) is 54.6 Å². The Bertz CT molecular complexity index is 1320. The molecule has 0 spiro atoms. The molecule has 0 atom stereocenters. The second kappa shape index (κ2) is 11.3. The van der Waals surface area contributed by atoms with E-state index in [0.717, 1.165) is 23.2 Å². The van der Waals surface area contributed by atoms with Crippen LogP contribution in [0.2, 0.25) is 0 Å². The van der Waals surface area contributed by atoms with Crippen LogP contribution in [0.15, 0.2) is 72.9 Å². The number of aryl methyl sites for hydroxylation is 2. The summed E-state index contributed by atoms with van der Waals surface area (Å²) in [6.45, 7) is 0.821. The van der Waals surface area contributed by atoms with Gasteiger partial charge in [-0.25, -0.2) is 4.98 Å². The van der Waals surface area contributed by atoms with Crippen LogP contribution in [0.3, 0.4) is 0 Å². The number of aromatic nitrogens is 2. The van der Waals surface area contributed by atoms with Crippen molar-refractivity contribution in [2.75, 3.05) is 19.0 Å². The normalized spacial score (nSPS) is 10.8. The first-order chi connectivity index (χ1) is 17.1. The Balaban J connectivity index is 1.60. The molecule has 8 nitrogen and oxygen atoms in total. The molecule has 2 aromatic carbocycles. The molecule has 0 saturated carbocycles. The molecule has 2 aromatic heterocycles. The molecule has 2 heterocycles. The van der Waals surface area contributed by atoms with E-state index in [1.54, 1.807) is 12.1 Å². The summed E-state index contributed by atoms with van der Waals surface area (Å²) in [5, 5.41) is 6.12. The zero-order chi connectivity index (χ0) is 24.6. The van der Waals surface area contributed by atoms with Gasteiger partial charge in [-0.15, -0.1) is 0 Å². The highest BCUT2D eigenvalue weighted by atomic mass is 16.5. The maximum Gasteiger partial charge on any atom is 0.325 e. The van der Waals surface area contributed by atoms with Gasteiger partial charge in [-0.2, -0.15) is 0 Å². The molecule has 1 amide bonds. The number of nitrogens with zero attached hydrogens (tertiary/aromatic N) is 2. The van der Waals surface area contributed by atoms with Crippen molar-refractivity contribution in [2.24, 2.45) is 5.73 Å². The van der Waals surface area contributed by atoms with Crippen LogP contribution in [0.4, 0.5) is 5.82 Å². The van der Waals surface area contributed by atoms with Crippen LogP contribution >= 0.6 is 0 Å². The average Bonchev–Trinajstić information content (AvgIpc) is 3.27. The molecule has 0 aliphatic carbocycles. The number of hydrogen-bond acceptors (Lipinski definition) is 6. The minimum atomic E-state index is -0.387. The maximum atomic E-state index is 13.1. The Morgan fingerprint density at radius 2 is 1.74 bits per heavy atom. The second-order valence-corrected chi connectivity index (χ2v) is 8.14. The van der Waals surface area contributed by atoms with Gasteiger partial charge in [0.05, 0.1) is 18.4 Å². The Labute approximate surface area is 204 Å². The van der Waals surface area contributed by atoms with Crippen molar-refractivity contribution in [3.05, 3.63) is 101 Å². The van der Waals surface area contributed by atoms with Gasteiger partial charge in [-0.3, -0.25) is 14.0 Å². The summed E-state index contributed by atoms with van der Waals surface area (Å²) in [5.41, 5.74) is 10.6. The first kappa shape index (κ1) is 24.0. The quantitative estimate of drug-likeness (QED) is 0.307. The van der Waals surface area contributed by atoms with Crippen molar-refractivity contribution in [1.82, 2.24) is 14.7 Å². The van der Waals surface area contributed by atoms with Crippen molar-refractivity contribution in [3.63, 3.8) is 0 Å². The van der Waals surface area contributed by atoms with Gasteiger partial charge in [-0.05, 0) is 41.7 Å². The smallest absolute Gasteiger partial charge is 0.325 e. The standard InChI is InChI=1S/C27H29N5O3/c1-35-24(33)18-29-26-23(13-12-19-7-3-2-4-8-19)31-25-22(11-6-14-32(25)26)27(34)30-17-21-10-5-9-20(15-21)16-28/h2-11,14-15,29H,12-13,16-18,28H2,1H3,(H,30,34). The van der Waals surface area contributed by atoms with Gasteiger partial charge in [0.2, 0.25) is 0 Å². The summed E-state index contributed by atoms with van der Waals surface area (Å²) in [4.78, 5) is 29.7. The Morgan fingerprint density at radius 3 is 2.51 bits per heavy atom. The number of pyridine rings is 1. The van der Waals surface area contributed by atoms with E-state index in [1.165, 1.54) is 12.7 Å². The zero-order valence-corrected chi connectivity index (χ0v) is 19.7. The minimum absolute atomic E-state index is 0.00343. The monoisotopic (exact) mass is 471 g/mol. The van der Waals surface area contributed by atoms with Gasteiger partial charge < -0.3 is 21.1 Å². The van der Waals surface area contributed by atoms with Crippen LogP contribution in [0, 0.1) is 0 Å². The molecule has 0 aliphatic heterocycles. The molecule has 0 aliphatic rings. The van der Waals surface area contributed by atoms with Crippen molar-refractivity contribution in [1.29, 1.82) is 0 Å². The largest absolute Gasteiger partial charge is 0.468 e. The topological polar surface area (TPSA) is 111 Å². The summed E-state index contributed by atoms with van der Waals surface area (Å²) < 4.78 is 6.59. The summed E-state index contributed by atoms with van der Waals surface area (Å²) in [5.74, 6) is 0.0575. The molecular formula is C27H29N5O3. The van der Waals surface area contributed by atoms with E-state index in [1.807, 2.05) is 53.1 Å². The third-order valence-corrected chi connectivity index (χ3v) is 5.77. The average molecular weight is 472 g/mol. The highest BCUT2D eigenvalue weighted by Crippen LogP contribution is 2.23. The Morgan fingerprint density at radius 1 is 0.971 bits per heavy atom. The fourth-order valence-corrected chi connectivity index (χ4v) is 3.93. The zero-order valence-electron chi connectivity index (χ0n) is 19.7. The number of fused-ring (bicyclic) bond motifs is 1. The maximum absolute atomic E-state index is 13.1. The van der Waals surface area contributed by atoms with E-state index >= 15 is 0 Å². The van der Waals surface area contributed by atoms with Gasteiger partial charge in [0.1, 0.15) is 12.4 Å². The van der Waals surface area contributed by atoms with E-state index in [4.69, 9.17) is 15.5 Å². The Kier molecular flexibility index (Phi) is 7.74. The fraction of sp³-hybridized carbons (Fsp3) is 0.222. The van der Waals surface area contributed by atoms with Crippen LogP contribution in [-0.4, -0.2) is 34.9 Å². The van der Waals surface area contributed by atoms with Crippen LogP contribution < -0.4 is 16.4 Å². The van der Waals surface area contributed by atoms with E-state index in [2.05, 4.69) is 22.8 Å². The van der Waals surface area contributed by atoms with E-state index in [-0.39, 0.29) is 18.4 Å². The van der Waals surface area contributed by atoms with Crippen molar-refractivity contribution < 1.29 is 14.3 Å². The number of amides is 1. The van der Waals surface area contributed by atoms with Crippen LogP contribution in [0.5, 0.6) is 0 Å². The first-order valence-corrected chi connectivity index (χ1v) is 11.5. The lowest BCUT2D eigenvalue weighted by Gasteiger charge is -2.09. The van der Waals surface area contributed by atoms with Crippen molar-refractivity contribution in [2.45, 2.75) is 25.9 Å². The number of esters is 1. The highest BCUT2D eigenvalue weighted by Gasteiger charge is 2.19. The van der Waals surface area contributed by atoms with Crippen LogP contribution in [-0.2, 0) is 35.5 Å². The van der Waals surface area contributed by atoms with E-state index < -0.39 is 0 Å². The molecule has 0 saturated heterocycles. The summed E-state index contributed by atoms with van der Waals surface area (Å²) in [6.07, 6.45) is 3.24. The molecule has 35 heavy (non-hydrogen) atoms. The lowest BCUT2D eigenvalue weighted by molar-refractivity contribution is -0.138. The number of carbonyl (C=O) groups excluding carboxylic acids is 2. The first-order valence-electron chi connectivity index (χ1n) is 11.5. The molecule has 0 radical (unpaired) electrons. The van der Waals surface area contributed by atoms with Crippen molar-refractivity contribution in [3.8, 4) is 0 Å². The molecule has 4 aromatic rings. The summed E-state index contributed by atoms with van der Waals surface area (Å²) >= 11 is 0. The third-order valence-electron chi connectivity index (χ3n) is 5.77. The van der Waals surface area contributed by atoms with E-state index in [0.29, 0.717) is 36.5 Å².